The minimum atomic E-state index is -0.336. The van der Waals surface area contributed by atoms with Gasteiger partial charge in [-0.1, -0.05) is 18.2 Å². The van der Waals surface area contributed by atoms with Crippen LogP contribution in [0.25, 0.3) is 10.9 Å². The van der Waals surface area contributed by atoms with E-state index in [0.29, 0.717) is 24.5 Å². The van der Waals surface area contributed by atoms with Crippen molar-refractivity contribution in [3.05, 3.63) is 54.7 Å². The largest absolute Gasteiger partial charge is 0.383 e. The molecule has 3 aromatic rings. The lowest BCUT2D eigenvalue weighted by Gasteiger charge is -2.08. The summed E-state index contributed by atoms with van der Waals surface area (Å²) in [6.45, 7) is 2.73. The van der Waals surface area contributed by atoms with Gasteiger partial charge in [0.05, 0.1) is 17.8 Å². The van der Waals surface area contributed by atoms with Crippen molar-refractivity contribution >= 4 is 39.9 Å². The predicted molar refractivity (Wildman–Crippen MR) is 107 cm³/mol. The van der Waals surface area contributed by atoms with Crippen molar-refractivity contribution in [2.24, 2.45) is 0 Å². The van der Waals surface area contributed by atoms with E-state index in [2.05, 4.69) is 20.5 Å². The molecule has 0 fully saturated rings. The first-order valence-electron chi connectivity index (χ1n) is 8.59. The molecule has 140 valence electrons. The highest BCUT2D eigenvalue weighted by Crippen LogP contribution is 2.26. The Balaban J connectivity index is 1.71. The van der Waals surface area contributed by atoms with E-state index in [4.69, 9.17) is 4.74 Å². The van der Waals surface area contributed by atoms with E-state index >= 15 is 0 Å². The summed E-state index contributed by atoms with van der Waals surface area (Å²) >= 11 is 0. The van der Waals surface area contributed by atoms with Crippen LogP contribution in [0.3, 0.4) is 0 Å². The Morgan fingerprint density at radius 1 is 0.963 bits per heavy atom. The number of benzene rings is 2. The van der Waals surface area contributed by atoms with Gasteiger partial charge >= 0.3 is 6.03 Å². The number of urea groups is 1. The third-order valence-electron chi connectivity index (χ3n) is 4.04. The minimum absolute atomic E-state index is 0.140. The molecule has 7 heteroatoms. The molecule has 7 nitrogen and oxygen atoms in total. The second-order valence-electron chi connectivity index (χ2n) is 6.08. The standard InChI is InChI=1S/C20H22N4O3/c1-14(25)21-15-7-9-16(10-8-15)22-20(26)23-18-13-24(11-12-27-2)19-6-4-3-5-17(18)19/h3-10,13H,11-12H2,1-2H3,(H,21,25)(H2,22,23,26). The molecule has 3 N–H and O–H groups in total. The maximum Gasteiger partial charge on any atom is 0.323 e. The molecule has 3 rings (SSSR count). The third kappa shape index (κ3) is 4.65. The number of aromatic nitrogens is 1. The summed E-state index contributed by atoms with van der Waals surface area (Å²) in [5.41, 5.74) is 3.07. The molecule has 0 aliphatic rings. The van der Waals surface area contributed by atoms with E-state index in [1.807, 2.05) is 30.5 Å². The van der Waals surface area contributed by atoms with Gasteiger partial charge in [-0.3, -0.25) is 4.79 Å². The number of carbonyl (C=O) groups excluding carboxylic acids is 2. The number of hydrogen-bond acceptors (Lipinski definition) is 3. The van der Waals surface area contributed by atoms with E-state index in [1.165, 1.54) is 6.92 Å². The molecule has 0 spiro atoms. The van der Waals surface area contributed by atoms with Crippen LogP contribution in [0, 0.1) is 0 Å². The number of nitrogens with zero attached hydrogens (tertiary/aromatic N) is 1. The van der Waals surface area contributed by atoms with Crippen molar-refractivity contribution < 1.29 is 14.3 Å². The molecule has 0 unspecified atom stereocenters. The number of para-hydroxylation sites is 1. The van der Waals surface area contributed by atoms with Gasteiger partial charge < -0.3 is 25.3 Å². The summed E-state index contributed by atoms with van der Waals surface area (Å²) in [7, 11) is 1.66. The van der Waals surface area contributed by atoms with Crippen LogP contribution in [0.1, 0.15) is 6.92 Å². The summed E-state index contributed by atoms with van der Waals surface area (Å²) in [4.78, 5) is 23.4. The van der Waals surface area contributed by atoms with Gasteiger partial charge in [0.1, 0.15) is 0 Å². The molecule has 1 aromatic heterocycles. The van der Waals surface area contributed by atoms with Crippen molar-refractivity contribution in [2.75, 3.05) is 29.7 Å². The molecule has 0 radical (unpaired) electrons. The Bertz CT molecular complexity index is 948. The lowest BCUT2D eigenvalue weighted by molar-refractivity contribution is -0.114. The molecular formula is C20H22N4O3. The van der Waals surface area contributed by atoms with Crippen LogP contribution < -0.4 is 16.0 Å². The normalized spacial score (nSPS) is 10.6. The van der Waals surface area contributed by atoms with Crippen LogP contribution in [0.15, 0.2) is 54.7 Å². The average Bonchev–Trinajstić information content (AvgIpc) is 2.99. The lowest BCUT2D eigenvalue weighted by Crippen LogP contribution is -2.19. The second kappa shape index (κ2) is 8.37. The van der Waals surface area contributed by atoms with E-state index in [0.717, 1.165) is 16.6 Å². The Hall–Kier alpha value is -3.32. The average molecular weight is 366 g/mol. The third-order valence-corrected chi connectivity index (χ3v) is 4.04. The fraction of sp³-hybridized carbons (Fsp3) is 0.200. The highest BCUT2D eigenvalue weighted by molar-refractivity contribution is 6.06. The molecular weight excluding hydrogens is 344 g/mol. The van der Waals surface area contributed by atoms with Gasteiger partial charge in [0.2, 0.25) is 5.91 Å². The molecule has 1 heterocycles. The van der Waals surface area contributed by atoms with Crippen molar-refractivity contribution in [3.63, 3.8) is 0 Å². The van der Waals surface area contributed by atoms with Gasteiger partial charge in [-0.2, -0.15) is 0 Å². The number of fused-ring (bicyclic) bond motifs is 1. The van der Waals surface area contributed by atoms with Crippen LogP contribution in [-0.4, -0.2) is 30.2 Å². The van der Waals surface area contributed by atoms with Crippen LogP contribution in [-0.2, 0) is 16.1 Å². The number of carbonyl (C=O) groups is 2. The van der Waals surface area contributed by atoms with Gasteiger partial charge in [-0.25, -0.2) is 4.79 Å². The fourth-order valence-corrected chi connectivity index (χ4v) is 2.85. The SMILES string of the molecule is COCCn1cc(NC(=O)Nc2ccc(NC(C)=O)cc2)c2ccccc21. The molecule has 0 aliphatic heterocycles. The monoisotopic (exact) mass is 366 g/mol. The number of rotatable bonds is 6. The van der Waals surface area contributed by atoms with E-state index in [-0.39, 0.29) is 11.9 Å². The van der Waals surface area contributed by atoms with Gasteiger partial charge in [0.15, 0.2) is 0 Å². The first kappa shape index (κ1) is 18.5. The Morgan fingerprint density at radius 2 is 1.63 bits per heavy atom. The maximum atomic E-state index is 12.4. The Morgan fingerprint density at radius 3 is 2.30 bits per heavy atom. The van der Waals surface area contributed by atoms with Crippen molar-refractivity contribution in [3.8, 4) is 0 Å². The fourth-order valence-electron chi connectivity index (χ4n) is 2.85. The zero-order chi connectivity index (χ0) is 19.2. The van der Waals surface area contributed by atoms with Crippen molar-refractivity contribution in [2.45, 2.75) is 13.5 Å². The molecule has 2 aromatic carbocycles. The molecule has 3 amide bonds. The van der Waals surface area contributed by atoms with Crippen LogP contribution in [0.2, 0.25) is 0 Å². The first-order valence-corrected chi connectivity index (χ1v) is 8.59. The number of hydrogen-bond donors (Lipinski definition) is 3. The van der Waals surface area contributed by atoms with Gasteiger partial charge in [0, 0.05) is 43.5 Å². The van der Waals surface area contributed by atoms with E-state index < -0.39 is 0 Å². The van der Waals surface area contributed by atoms with E-state index in [9.17, 15) is 9.59 Å². The van der Waals surface area contributed by atoms with Gasteiger partial charge in [0.25, 0.3) is 0 Å². The van der Waals surface area contributed by atoms with Crippen molar-refractivity contribution in [1.29, 1.82) is 0 Å². The highest BCUT2D eigenvalue weighted by Gasteiger charge is 2.11. The molecule has 0 saturated carbocycles. The summed E-state index contributed by atoms with van der Waals surface area (Å²) in [5.74, 6) is -0.140. The predicted octanol–water partition coefficient (Wildman–Crippen LogP) is 3.89. The second-order valence-corrected chi connectivity index (χ2v) is 6.08. The number of methoxy groups -OCH3 is 1. The molecule has 27 heavy (non-hydrogen) atoms. The smallest absolute Gasteiger partial charge is 0.323 e. The van der Waals surface area contributed by atoms with Crippen LogP contribution in [0.5, 0.6) is 0 Å². The molecule has 0 bridgehead atoms. The van der Waals surface area contributed by atoms with Gasteiger partial charge in [-0.15, -0.1) is 0 Å². The molecule has 0 aliphatic carbocycles. The topological polar surface area (TPSA) is 84.4 Å². The first-order chi connectivity index (χ1) is 13.1. The lowest BCUT2D eigenvalue weighted by atomic mass is 10.2. The number of amides is 3. The highest BCUT2D eigenvalue weighted by atomic mass is 16.5. The van der Waals surface area contributed by atoms with Crippen LogP contribution in [0.4, 0.5) is 21.9 Å². The molecule has 0 atom stereocenters. The Kier molecular flexibility index (Phi) is 5.73. The number of nitrogens with one attached hydrogen (secondary N) is 3. The summed E-state index contributed by atoms with van der Waals surface area (Å²) in [6, 6.07) is 14.5. The maximum absolute atomic E-state index is 12.4. The number of ether oxygens (including phenoxy) is 1. The summed E-state index contributed by atoms with van der Waals surface area (Å²) in [6.07, 6.45) is 1.91. The zero-order valence-corrected chi connectivity index (χ0v) is 15.3. The zero-order valence-electron chi connectivity index (χ0n) is 15.3. The van der Waals surface area contributed by atoms with Crippen molar-refractivity contribution in [1.82, 2.24) is 4.57 Å². The van der Waals surface area contributed by atoms with E-state index in [1.54, 1.807) is 31.4 Å². The summed E-state index contributed by atoms with van der Waals surface area (Å²) < 4.78 is 7.20. The minimum Gasteiger partial charge on any atom is -0.383 e. The number of anilines is 3. The quantitative estimate of drug-likeness (QED) is 0.619. The van der Waals surface area contributed by atoms with Crippen LogP contribution >= 0.6 is 0 Å². The van der Waals surface area contributed by atoms with Gasteiger partial charge in [-0.05, 0) is 30.3 Å². The summed E-state index contributed by atoms with van der Waals surface area (Å²) in [5, 5.41) is 9.33. The molecule has 0 saturated heterocycles. The Labute approximate surface area is 157 Å².